The average Bonchev–Trinajstić information content (AvgIpc) is 3.57. The lowest BCUT2D eigenvalue weighted by Crippen LogP contribution is -2.61. The van der Waals surface area contributed by atoms with Crippen molar-refractivity contribution >= 4 is 17.6 Å². The maximum atomic E-state index is 13.3. The number of anilines is 1. The molecule has 10 nitrogen and oxygen atoms in total. The first-order chi connectivity index (χ1) is 28.8. The molecule has 3 atom stereocenters. The van der Waals surface area contributed by atoms with Gasteiger partial charge < -0.3 is 40.3 Å². The maximum absolute atomic E-state index is 13.3. The number of likely N-dealkylation sites (tertiary alicyclic amines) is 1. The normalized spacial score (nSPS) is 29.7. The van der Waals surface area contributed by atoms with Crippen LogP contribution in [0.3, 0.4) is 0 Å². The van der Waals surface area contributed by atoms with Crippen molar-refractivity contribution in [3.05, 3.63) is 125 Å². The topological polar surface area (TPSA) is 115 Å². The maximum Gasteiger partial charge on any atom is 0.315 e. The van der Waals surface area contributed by atoms with Crippen LogP contribution >= 0.6 is 0 Å². The van der Waals surface area contributed by atoms with E-state index in [4.69, 9.17) is 9.47 Å². The number of aliphatic hydroxyl groups is 1. The first-order valence-electron chi connectivity index (χ1n) is 21.9. The first-order valence-corrected chi connectivity index (χ1v) is 21.9. The molecule has 1 spiro atoms. The van der Waals surface area contributed by atoms with Crippen molar-refractivity contribution in [2.45, 2.75) is 101 Å². The minimum absolute atomic E-state index is 0.00306. The fraction of sp³-hybridized carbons (Fsp3) is 0.469. The standard InChI is InChI=1S/C49H57N5O5/c55-31-33-10-12-38(13-11-33)44-25-42(30-53-20-18-49(19-21-53)46(56)51-32-54(49)41-7-2-1-3-8-41)58-45(59-44)39-16-14-37(15-17-39)43-9-5-4-6-40(43)29-50-47(57)52-48-26-34-22-35(27-48)24-36(23-34)28-48/h1-17,34-36,42,44-45,55H,18-32H2,(H,51,56)(H2,50,52,57). The number of urea groups is 1. The Hall–Kier alpha value is -4.74. The summed E-state index contributed by atoms with van der Waals surface area (Å²) in [6, 6.07) is 35.0. The number of para-hydroxylation sites is 1. The van der Waals surface area contributed by atoms with Gasteiger partial charge in [0, 0.05) is 49.4 Å². The van der Waals surface area contributed by atoms with E-state index in [0.29, 0.717) is 19.6 Å². The van der Waals surface area contributed by atoms with Crippen molar-refractivity contribution in [2.75, 3.05) is 31.2 Å². The SMILES string of the molecule is O=C(NCc1ccccc1-c1ccc(C2OC(CN3CCC4(CC3)C(=O)NCN4c3ccccc3)CC(c3ccc(CO)cc3)O2)cc1)NC12CC3CC(CC(C3)C1)C2. The van der Waals surface area contributed by atoms with Crippen LogP contribution < -0.4 is 20.9 Å². The Kier molecular flexibility index (Phi) is 10.4. The van der Waals surface area contributed by atoms with Crippen LogP contribution in [0.5, 0.6) is 0 Å². The van der Waals surface area contributed by atoms with Gasteiger partial charge in [0.2, 0.25) is 5.91 Å². The molecule has 3 heterocycles. The number of aliphatic hydroxyl groups excluding tert-OH is 1. The predicted molar refractivity (Wildman–Crippen MR) is 227 cm³/mol. The second kappa shape index (κ2) is 16.0. The third-order valence-corrected chi connectivity index (χ3v) is 14.5. The summed E-state index contributed by atoms with van der Waals surface area (Å²) in [5.41, 5.74) is 6.62. The number of amides is 3. The van der Waals surface area contributed by atoms with Gasteiger partial charge in [-0.05, 0) is 109 Å². The molecule has 4 aromatic carbocycles. The summed E-state index contributed by atoms with van der Waals surface area (Å²) in [4.78, 5) is 31.4. The Morgan fingerprint density at radius 3 is 2.14 bits per heavy atom. The molecular formula is C49H57N5O5. The highest BCUT2D eigenvalue weighted by Gasteiger charge is 2.52. The van der Waals surface area contributed by atoms with Crippen LogP contribution in [0.15, 0.2) is 103 Å². The molecule has 4 N–H and O–H groups in total. The molecule has 0 radical (unpaired) electrons. The van der Waals surface area contributed by atoms with Gasteiger partial charge in [-0.25, -0.2) is 4.79 Å². The number of hydrogen-bond donors (Lipinski definition) is 4. The summed E-state index contributed by atoms with van der Waals surface area (Å²) >= 11 is 0. The summed E-state index contributed by atoms with van der Waals surface area (Å²) in [5.74, 6) is 2.46. The Bertz CT molecular complexity index is 2080. The predicted octanol–water partition coefficient (Wildman–Crippen LogP) is 7.59. The number of carbonyl (C=O) groups excluding carboxylic acids is 2. The zero-order valence-electron chi connectivity index (χ0n) is 33.9. The average molecular weight is 796 g/mol. The molecule has 11 rings (SSSR count). The zero-order chi connectivity index (χ0) is 40.0. The number of carbonyl (C=O) groups is 2. The summed E-state index contributed by atoms with van der Waals surface area (Å²) in [6.07, 6.45) is 8.80. The Labute approximate surface area is 347 Å². The van der Waals surface area contributed by atoms with E-state index in [-0.39, 0.29) is 36.3 Å². The number of piperidine rings is 1. The fourth-order valence-electron chi connectivity index (χ4n) is 12.0. The van der Waals surface area contributed by atoms with E-state index in [1.807, 2.05) is 42.5 Å². The lowest BCUT2D eigenvalue weighted by Gasteiger charge is -2.56. The molecule has 4 aliphatic carbocycles. The van der Waals surface area contributed by atoms with Crippen molar-refractivity contribution in [3.8, 4) is 11.1 Å². The van der Waals surface area contributed by atoms with Gasteiger partial charge in [0.15, 0.2) is 6.29 Å². The number of ether oxygens (including phenoxy) is 2. The van der Waals surface area contributed by atoms with Gasteiger partial charge in [-0.2, -0.15) is 0 Å². The first kappa shape index (κ1) is 38.5. The second-order valence-electron chi connectivity index (χ2n) is 18.4. The molecule has 3 unspecified atom stereocenters. The van der Waals surface area contributed by atoms with Crippen molar-refractivity contribution in [3.63, 3.8) is 0 Å². The number of nitrogens with one attached hydrogen (secondary N) is 3. The smallest absolute Gasteiger partial charge is 0.315 e. The minimum atomic E-state index is -0.569. The van der Waals surface area contributed by atoms with Crippen molar-refractivity contribution < 1.29 is 24.2 Å². The molecule has 4 aromatic rings. The molecule has 3 aliphatic heterocycles. The van der Waals surface area contributed by atoms with Crippen LogP contribution in [0.4, 0.5) is 10.5 Å². The summed E-state index contributed by atoms with van der Waals surface area (Å²) < 4.78 is 13.5. The lowest BCUT2D eigenvalue weighted by atomic mass is 9.53. The molecular weight excluding hydrogens is 739 g/mol. The van der Waals surface area contributed by atoms with Gasteiger partial charge in [0.05, 0.1) is 25.5 Å². The molecule has 4 saturated carbocycles. The Balaban J connectivity index is 0.817. The minimum Gasteiger partial charge on any atom is -0.392 e. The summed E-state index contributed by atoms with van der Waals surface area (Å²) in [5, 5.41) is 19.5. The van der Waals surface area contributed by atoms with E-state index in [1.165, 1.54) is 19.3 Å². The highest BCUT2D eigenvalue weighted by molar-refractivity contribution is 5.93. The van der Waals surface area contributed by atoms with E-state index < -0.39 is 11.8 Å². The summed E-state index contributed by atoms with van der Waals surface area (Å²) in [7, 11) is 0. The van der Waals surface area contributed by atoms with Crippen molar-refractivity contribution in [1.29, 1.82) is 0 Å². The summed E-state index contributed by atoms with van der Waals surface area (Å²) in [6.45, 7) is 3.32. The molecule has 59 heavy (non-hydrogen) atoms. The van der Waals surface area contributed by atoms with Crippen molar-refractivity contribution in [2.24, 2.45) is 17.8 Å². The highest BCUT2D eigenvalue weighted by atomic mass is 16.7. The van der Waals surface area contributed by atoms with E-state index in [2.05, 4.69) is 86.4 Å². The molecule has 4 bridgehead atoms. The van der Waals surface area contributed by atoms with Crippen molar-refractivity contribution in [1.82, 2.24) is 20.9 Å². The molecule has 7 fully saturated rings. The highest BCUT2D eigenvalue weighted by Crippen LogP contribution is 2.55. The monoisotopic (exact) mass is 795 g/mol. The number of benzene rings is 4. The number of hydrogen-bond acceptors (Lipinski definition) is 7. The molecule has 10 heteroatoms. The second-order valence-corrected chi connectivity index (χ2v) is 18.4. The molecule has 7 aliphatic rings. The van der Waals surface area contributed by atoms with Gasteiger partial charge in [-0.1, -0.05) is 91.0 Å². The third kappa shape index (κ3) is 7.76. The lowest BCUT2D eigenvalue weighted by molar-refractivity contribution is -0.253. The van der Waals surface area contributed by atoms with E-state index in [0.717, 1.165) is 109 Å². The third-order valence-electron chi connectivity index (χ3n) is 14.5. The van der Waals surface area contributed by atoms with Crippen LogP contribution in [-0.2, 0) is 27.4 Å². The molecule has 308 valence electrons. The van der Waals surface area contributed by atoms with E-state index in [1.54, 1.807) is 0 Å². The van der Waals surface area contributed by atoms with Crippen LogP contribution in [-0.4, -0.2) is 65.4 Å². The van der Waals surface area contributed by atoms with Gasteiger partial charge in [0.25, 0.3) is 0 Å². The largest absolute Gasteiger partial charge is 0.392 e. The number of rotatable bonds is 10. The quantitative estimate of drug-likeness (QED) is 0.131. The van der Waals surface area contributed by atoms with E-state index in [9.17, 15) is 14.7 Å². The fourth-order valence-corrected chi connectivity index (χ4v) is 12.0. The van der Waals surface area contributed by atoms with Gasteiger partial charge in [0.1, 0.15) is 5.54 Å². The van der Waals surface area contributed by atoms with Crippen LogP contribution in [0.1, 0.15) is 92.4 Å². The van der Waals surface area contributed by atoms with Gasteiger partial charge in [-0.15, -0.1) is 0 Å². The van der Waals surface area contributed by atoms with Gasteiger partial charge >= 0.3 is 6.03 Å². The molecule has 3 saturated heterocycles. The molecule has 3 amide bonds. The van der Waals surface area contributed by atoms with Crippen LogP contribution in [0.25, 0.3) is 11.1 Å². The van der Waals surface area contributed by atoms with Crippen LogP contribution in [0, 0.1) is 17.8 Å². The Morgan fingerprint density at radius 1 is 0.780 bits per heavy atom. The Morgan fingerprint density at radius 2 is 1.44 bits per heavy atom. The van der Waals surface area contributed by atoms with Crippen LogP contribution in [0.2, 0.25) is 0 Å². The molecule has 0 aromatic heterocycles. The van der Waals surface area contributed by atoms with E-state index >= 15 is 0 Å². The van der Waals surface area contributed by atoms with Gasteiger partial charge in [-0.3, -0.25) is 4.79 Å². The number of nitrogens with zero attached hydrogens (tertiary/aromatic N) is 2. The zero-order valence-corrected chi connectivity index (χ0v) is 33.9.